The third-order valence-electron chi connectivity index (χ3n) is 3.14. The van der Waals surface area contributed by atoms with Gasteiger partial charge < -0.3 is 0 Å². The first-order valence-electron chi connectivity index (χ1n) is 5.74. The lowest BCUT2D eigenvalue weighted by Crippen LogP contribution is -2.69. The van der Waals surface area contributed by atoms with E-state index in [4.69, 9.17) is 0 Å². The second-order valence-corrected chi connectivity index (χ2v) is 4.58. The van der Waals surface area contributed by atoms with Crippen LogP contribution in [0.15, 0.2) is 0 Å². The molecular formula is C10H22N4. The van der Waals surface area contributed by atoms with Crippen molar-refractivity contribution in [3.05, 3.63) is 0 Å². The van der Waals surface area contributed by atoms with E-state index in [1.54, 1.807) is 0 Å². The zero-order chi connectivity index (χ0) is 9.97. The lowest BCUT2D eigenvalue weighted by molar-refractivity contribution is 0.188. The van der Waals surface area contributed by atoms with Crippen molar-refractivity contribution in [1.82, 2.24) is 21.3 Å². The molecule has 0 radical (unpaired) electrons. The van der Waals surface area contributed by atoms with Crippen LogP contribution in [0.1, 0.15) is 26.7 Å². The molecule has 4 nitrogen and oxygen atoms in total. The molecule has 4 atom stereocenters. The van der Waals surface area contributed by atoms with Crippen molar-refractivity contribution < 1.29 is 0 Å². The highest BCUT2D eigenvalue weighted by Crippen LogP contribution is 2.05. The summed E-state index contributed by atoms with van der Waals surface area (Å²) in [5.74, 6) is 0. The molecule has 2 saturated heterocycles. The van der Waals surface area contributed by atoms with E-state index in [0.29, 0.717) is 24.4 Å². The lowest BCUT2D eigenvalue weighted by Gasteiger charge is -2.40. The van der Waals surface area contributed by atoms with E-state index in [9.17, 15) is 0 Å². The van der Waals surface area contributed by atoms with Crippen LogP contribution in [0.2, 0.25) is 0 Å². The first kappa shape index (κ1) is 10.4. The average Bonchev–Trinajstić information content (AvgIpc) is 2.18. The Morgan fingerprint density at radius 2 is 1.21 bits per heavy atom. The van der Waals surface area contributed by atoms with Gasteiger partial charge in [0, 0.05) is 12.1 Å². The highest BCUT2D eigenvalue weighted by atomic mass is 15.3. The first-order chi connectivity index (χ1) is 6.75. The van der Waals surface area contributed by atoms with E-state index >= 15 is 0 Å². The fraction of sp³-hybridized carbons (Fsp3) is 1.00. The summed E-state index contributed by atoms with van der Waals surface area (Å²) < 4.78 is 0. The van der Waals surface area contributed by atoms with Gasteiger partial charge in [-0.2, -0.15) is 0 Å². The molecule has 2 aliphatic rings. The van der Waals surface area contributed by atoms with Gasteiger partial charge in [0.15, 0.2) is 0 Å². The molecule has 2 fully saturated rings. The molecule has 0 saturated carbocycles. The maximum atomic E-state index is 3.57. The van der Waals surface area contributed by atoms with Crippen LogP contribution in [-0.2, 0) is 0 Å². The molecule has 2 heterocycles. The van der Waals surface area contributed by atoms with Gasteiger partial charge in [-0.05, 0) is 39.8 Å². The normalized spacial score (nSPS) is 45.0. The summed E-state index contributed by atoms with van der Waals surface area (Å²) in [5.41, 5.74) is 0. The van der Waals surface area contributed by atoms with Crippen molar-refractivity contribution in [2.24, 2.45) is 0 Å². The van der Waals surface area contributed by atoms with Crippen LogP contribution in [0.5, 0.6) is 0 Å². The van der Waals surface area contributed by atoms with Crippen molar-refractivity contribution >= 4 is 0 Å². The molecule has 0 aromatic carbocycles. The molecule has 2 rings (SSSR count). The van der Waals surface area contributed by atoms with Crippen molar-refractivity contribution in [2.45, 2.75) is 51.1 Å². The summed E-state index contributed by atoms with van der Waals surface area (Å²) in [6.45, 7) is 6.74. The van der Waals surface area contributed by atoms with Crippen LogP contribution in [0.3, 0.4) is 0 Å². The van der Waals surface area contributed by atoms with E-state index in [2.05, 4.69) is 35.1 Å². The average molecular weight is 198 g/mol. The van der Waals surface area contributed by atoms with Gasteiger partial charge in [0.2, 0.25) is 0 Å². The van der Waals surface area contributed by atoms with E-state index in [1.807, 2.05) is 0 Å². The van der Waals surface area contributed by atoms with Gasteiger partial charge in [0.1, 0.15) is 0 Å². The Bertz CT molecular complexity index is 165. The summed E-state index contributed by atoms with van der Waals surface area (Å²) in [6.07, 6.45) is 3.19. The minimum atomic E-state index is 0.376. The summed E-state index contributed by atoms with van der Waals surface area (Å²) >= 11 is 0. The molecule has 82 valence electrons. The molecule has 0 unspecified atom stereocenters. The molecule has 4 heteroatoms. The van der Waals surface area contributed by atoms with E-state index in [1.165, 1.54) is 12.8 Å². The second-order valence-electron chi connectivity index (χ2n) is 4.58. The summed E-state index contributed by atoms with van der Waals surface area (Å²) in [7, 11) is 0. The lowest BCUT2D eigenvalue weighted by atomic mass is 10.1. The third kappa shape index (κ3) is 2.45. The molecule has 0 bridgehead atoms. The van der Waals surface area contributed by atoms with Crippen molar-refractivity contribution in [3.8, 4) is 0 Å². The predicted octanol–water partition coefficient (Wildman–Crippen LogP) is -0.419. The van der Waals surface area contributed by atoms with Crippen LogP contribution in [-0.4, -0.2) is 37.5 Å². The quantitative estimate of drug-likeness (QED) is 0.462. The molecule has 0 spiro atoms. The van der Waals surface area contributed by atoms with Gasteiger partial charge in [0.25, 0.3) is 0 Å². The Labute approximate surface area is 86.2 Å². The van der Waals surface area contributed by atoms with Gasteiger partial charge in [-0.1, -0.05) is 0 Å². The van der Waals surface area contributed by atoms with Gasteiger partial charge in [0.05, 0.1) is 12.3 Å². The number of hydrogen-bond donors (Lipinski definition) is 4. The fourth-order valence-electron chi connectivity index (χ4n) is 2.24. The predicted molar refractivity (Wildman–Crippen MR) is 58.0 cm³/mol. The Morgan fingerprint density at radius 1 is 0.786 bits per heavy atom. The van der Waals surface area contributed by atoms with E-state index < -0.39 is 0 Å². The Morgan fingerprint density at radius 3 is 1.57 bits per heavy atom. The minimum Gasteiger partial charge on any atom is -0.299 e. The molecule has 0 aliphatic carbocycles. The molecule has 2 aliphatic heterocycles. The highest BCUT2D eigenvalue weighted by Gasteiger charge is 2.28. The third-order valence-corrected chi connectivity index (χ3v) is 3.14. The highest BCUT2D eigenvalue weighted by molar-refractivity contribution is 4.88. The van der Waals surface area contributed by atoms with Crippen LogP contribution in [0.4, 0.5) is 0 Å². The number of nitrogens with one attached hydrogen (secondary N) is 4. The van der Waals surface area contributed by atoms with Gasteiger partial charge >= 0.3 is 0 Å². The molecule has 0 aromatic heterocycles. The number of rotatable bonds is 1. The first-order valence-corrected chi connectivity index (χ1v) is 5.74. The van der Waals surface area contributed by atoms with E-state index in [-0.39, 0.29) is 0 Å². The van der Waals surface area contributed by atoms with Crippen molar-refractivity contribution in [2.75, 3.05) is 13.1 Å². The monoisotopic (exact) mass is 198 g/mol. The van der Waals surface area contributed by atoms with Crippen molar-refractivity contribution in [3.63, 3.8) is 0 Å². The molecule has 14 heavy (non-hydrogen) atoms. The zero-order valence-electron chi connectivity index (χ0n) is 9.14. The number of hydrogen-bond acceptors (Lipinski definition) is 4. The molecule has 0 aromatic rings. The maximum absolute atomic E-state index is 3.57. The Balaban J connectivity index is 1.86. The minimum absolute atomic E-state index is 0.376. The molecule has 0 amide bonds. The van der Waals surface area contributed by atoms with Crippen LogP contribution in [0.25, 0.3) is 0 Å². The standard InChI is InChI=1S/C10H22N4/c1-7-3-5-11-9(13-7)10-12-6-4-8(2)14-10/h7-14H,3-6H2,1-2H3/t7-,8-,9+,10+/m1/s1. The Hall–Kier alpha value is -0.160. The topological polar surface area (TPSA) is 48.1 Å². The molecular weight excluding hydrogens is 176 g/mol. The summed E-state index contributed by atoms with van der Waals surface area (Å²) in [6, 6.07) is 1.25. The van der Waals surface area contributed by atoms with Crippen LogP contribution >= 0.6 is 0 Å². The SMILES string of the molecule is C[C@@H]1CCN[C@H]([C@H]2NCC[C@@H](C)N2)N1. The fourth-order valence-corrected chi connectivity index (χ4v) is 2.24. The second kappa shape index (κ2) is 4.57. The van der Waals surface area contributed by atoms with Gasteiger partial charge in [-0.15, -0.1) is 0 Å². The largest absolute Gasteiger partial charge is 0.299 e. The van der Waals surface area contributed by atoms with Crippen LogP contribution < -0.4 is 21.3 Å². The van der Waals surface area contributed by atoms with Gasteiger partial charge in [-0.25, -0.2) is 0 Å². The zero-order valence-corrected chi connectivity index (χ0v) is 9.14. The smallest absolute Gasteiger partial charge is 0.0868 e. The van der Waals surface area contributed by atoms with Crippen molar-refractivity contribution in [1.29, 1.82) is 0 Å². The van der Waals surface area contributed by atoms with Crippen LogP contribution in [0, 0.1) is 0 Å². The molecule has 4 N–H and O–H groups in total. The maximum Gasteiger partial charge on any atom is 0.0868 e. The summed E-state index contributed by atoms with van der Waals surface area (Å²) in [5, 5.41) is 14.1. The summed E-state index contributed by atoms with van der Waals surface area (Å²) in [4.78, 5) is 0. The Kier molecular flexibility index (Phi) is 3.38. The van der Waals surface area contributed by atoms with E-state index in [0.717, 1.165) is 13.1 Å². The van der Waals surface area contributed by atoms with Gasteiger partial charge in [-0.3, -0.25) is 21.3 Å².